The summed E-state index contributed by atoms with van der Waals surface area (Å²) in [5, 5.41) is 2.11. The number of benzene rings is 1. The molecule has 1 aliphatic rings. The number of amides is 1. The summed E-state index contributed by atoms with van der Waals surface area (Å²) in [4.78, 5) is 12.2. The monoisotopic (exact) mass is 411 g/mol. The molecule has 0 aromatic heterocycles. The van der Waals surface area contributed by atoms with Crippen molar-refractivity contribution in [2.45, 2.75) is 37.0 Å². The molecule has 0 saturated carbocycles. The summed E-state index contributed by atoms with van der Waals surface area (Å²) in [7, 11) is -3.70. The van der Waals surface area contributed by atoms with Crippen molar-refractivity contribution in [1.82, 2.24) is 9.62 Å². The van der Waals surface area contributed by atoms with Crippen LogP contribution in [0.25, 0.3) is 0 Å². The minimum atomic E-state index is -3.70. The van der Waals surface area contributed by atoms with Crippen LogP contribution < -0.4 is 11.1 Å². The Bertz CT molecular complexity index is 738. The fourth-order valence-electron chi connectivity index (χ4n) is 2.64. The first-order valence-corrected chi connectivity index (χ1v) is 9.58. The van der Waals surface area contributed by atoms with E-state index in [1.54, 1.807) is 6.92 Å². The molecule has 0 spiro atoms. The van der Waals surface area contributed by atoms with Crippen LogP contribution in [0.5, 0.6) is 0 Å². The summed E-state index contributed by atoms with van der Waals surface area (Å²) in [6.45, 7) is 0.731. The van der Waals surface area contributed by atoms with Gasteiger partial charge in [-0.25, -0.2) is 17.2 Å². The first-order chi connectivity index (χ1) is 11.7. The Hall–Kier alpha value is -1.29. The third-order valence-electron chi connectivity index (χ3n) is 4.21. The molecule has 10 heteroatoms. The smallest absolute Gasteiger partial charge is 0.277 e. The van der Waals surface area contributed by atoms with Gasteiger partial charge in [0.15, 0.2) is 0 Å². The Balaban J connectivity index is 0.00000338. The molecule has 1 aliphatic heterocycles. The Kier molecular flexibility index (Phi) is 7.94. The Morgan fingerprint density at radius 2 is 1.88 bits per heavy atom. The predicted octanol–water partition coefficient (Wildman–Crippen LogP) is 1.92. The quantitative estimate of drug-likeness (QED) is 0.747. The second-order valence-electron chi connectivity index (χ2n) is 6.18. The third kappa shape index (κ3) is 5.35. The number of rotatable bonds is 6. The second kappa shape index (κ2) is 9.07. The molecule has 148 valence electrons. The molecule has 6 nitrogen and oxygen atoms in total. The normalized spacial score (nSPS) is 16.0. The van der Waals surface area contributed by atoms with Gasteiger partial charge in [0.2, 0.25) is 10.0 Å². The van der Waals surface area contributed by atoms with Gasteiger partial charge in [0, 0.05) is 18.7 Å². The van der Waals surface area contributed by atoms with Crippen LogP contribution in [0.4, 0.5) is 8.78 Å². The van der Waals surface area contributed by atoms with Gasteiger partial charge in [-0.2, -0.15) is 4.31 Å². The van der Waals surface area contributed by atoms with Gasteiger partial charge >= 0.3 is 0 Å². The highest BCUT2D eigenvalue weighted by atomic mass is 35.5. The molecule has 0 aliphatic carbocycles. The maximum atomic E-state index is 13.2. The zero-order valence-corrected chi connectivity index (χ0v) is 16.1. The van der Waals surface area contributed by atoms with Crippen LogP contribution in [0.15, 0.2) is 23.1 Å². The van der Waals surface area contributed by atoms with E-state index in [0.29, 0.717) is 18.7 Å². The molecule has 0 radical (unpaired) electrons. The fraction of sp³-hybridized carbons (Fsp3) is 0.562. The Morgan fingerprint density at radius 1 is 1.27 bits per heavy atom. The molecular formula is C16H24ClF2N3O3S. The van der Waals surface area contributed by atoms with Crippen LogP contribution in [0.2, 0.25) is 0 Å². The van der Waals surface area contributed by atoms with Crippen molar-refractivity contribution >= 4 is 28.3 Å². The number of sulfonamides is 1. The highest BCUT2D eigenvalue weighted by Gasteiger charge is 2.29. The van der Waals surface area contributed by atoms with Crippen LogP contribution in [-0.4, -0.2) is 50.7 Å². The molecular weight excluding hydrogens is 388 g/mol. The Labute approximate surface area is 158 Å². The number of hydrogen-bond acceptors (Lipinski definition) is 4. The highest BCUT2D eigenvalue weighted by molar-refractivity contribution is 7.89. The molecule has 2 rings (SSSR count). The maximum Gasteiger partial charge on any atom is 0.277 e. The van der Waals surface area contributed by atoms with Crippen molar-refractivity contribution in [3.05, 3.63) is 29.3 Å². The first-order valence-electron chi connectivity index (χ1n) is 8.14. The number of alkyl halides is 2. The largest absolute Gasteiger partial charge is 0.346 e. The minimum Gasteiger partial charge on any atom is -0.346 e. The number of nitrogens with one attached hydrogen (secondary N) is 1. The molecule has 1 aromatic carbocycles. The molecule has 1 aromatic rings. The van der Waals surface area contributed by atoms with Crippen LogP contribution >= 0.6 is 12.4 Å². The van der Waals surface area contributed by atoms with Gasteiger partial charge in [-0.1, -0.05) is 12.5 Å². The van der Waals surface area contributed by atoms with Gasteiger partial charge in [-0.3, -0.25) is 4.79 Å². The van der Waals surface area contributed by atoms with E-state index in [9.17, 15) is 22.0 Å². The SMILES string of the molecule is Cc1ccc(S(=O)(=O)N2CCCCC2)cc1C(=O)NCC(F)(F)CN.Cl. The van der Waals surface area contributed by atoms with E-state index in [1.807, 2.05) is 0 Å². The van der Waals surface area contributed by atoms with Crippen molar-refractivity contribution in [2.75, 3.05) is 26.2 Å². The van der Waals surface area contributed by atoms with Gasteiger partial charge < -0.3 is 11.1 Å². The number of carbonyl (C=O) groups is 1. The molecule has 3 N–H and O–H groups in total. The summed E-state index contributed by atoms with van der Waals surface area (Å²) in [6, 6.07) is 4.19. The van der Waals surface area contributed by atoms with Gasteiger partial charge in [0.1, 0.15) is 0 Å². The summed E-state index contributed by atoms with van der Waals surface area (Å²) < 4.78 is 53.2. The number of nitrogens with zero attached hydrogens (tertiary/aromatic N) is 1. The van der Waals surface area contributed by atoms with E-state index < -0.39 is 34.9 Å². The van der Waals surface area contributed by atoms with E-state index in [0.717, 1.165) is 19.3 Å². The van der Waals surface area contributed by atoms with Crippen molar-refractivity contribution in [3.63, 3.8) is 0 Å². The minimum absolute atomic E-state index is 0. The number of nitrogens with two attached hydrogens (primary N) is 1. The fourth-order valence-corrected chi connectivity index (χ4v) is 4.18. The number of piperidine rings is 1. The number of hydrogen-bond donors (Lipinski definition) is 2. The van der Waals surface area contributed by atoms with E-state index in [1.165, 1.54) is 22.5 Å². The average Bonchev–Trinajstić information content (AvgIpc) is 2.60. The van der Waals surface area contributed by atoms with Crippen LogP contribution in [-0.2, 0) is 10.0 Å². The molecule has 26 heavy (non-hydrogen) atoms. The van der Waals surface area contributed by atoms with Gasteiger partial charge in [-0.05, 0) is 37.5 Å². The standard InChI is InChI=1S/C16H23F2N3O3S.ClH/c1-12-5-6-13(25(23,24)21-7-3-2-4-8-21)9-14(12)15(22)20-11-16(17,18)10-19;/h5-6,9H,2-4,7-8,10-11,19H2,1H3,(H,20,22);1H. The van der Waals surface area contributed by atoms with Crippen molar-refractivity contribution in [3.8, 4) is 0 Å². The van der Waals surface area contributed by atoms with E-state index in [-0.39, 0.29) is 22.9 Å². The van der Waals surface area contributed by atoms with Gasteiger partial charge in [0.05, 0.1) is 18.0 Å². The van der Waals surface area contributed by atoms with Crippen LogP contribution in [0.1, 0.15) is 35.2 Å². The highest BCUT2D eigenvalue weighted by Crippen LogP contribution is 2.23. The summed E-state index contributed by atoms with van der Waals surface area (Å²) in [6.07, 6.45) is 2.59. The molecule has 0 bridgehead atoms. The molecule has 0 unspecified atom stereocenters. The zero-order chi connectivity index (χ0) is 18.7. The number of carbonyl (C=O) groups excluding carboxylic acids is 1. The Morgan fingerprint density at radius 3 is 2.46 bits per heavy atom. The van der Waals surface area contributed by atoms with Crippen molar-refractivity contribution < 1.29 is 22.0 Å². The molecule has 1 amide bonds. The molecule has 1 saturated heterocycles. The lowest BCUT2D eigenvalue weighted by Crippen LogP contribution is -2.41. The van der Waals surface area contributed by atoms with E-state index in [4.69, 9.17) is 5.73 Å². The maximum absolute atomic E-state index is 13.2. The topological polar surface area (TPSA) is 92.5 Å². The molecule has 0 atom stereocenters. The van der Waals surface area contributed by atoms with Gasteiger partial charge in [0.25, 0.3) is 11.8 Å². The summed E-state index contributed by atoms with van der Waals surface area (Å²) in [5.74, 6) is -3.96. The van der Waals surface area contributed by atoms with Crippen molar-refractivity contribution in [2.24, 2.45) is 5.73 Å². The third-order valence-corrected chi connectivity index (χ3v) is 6.11. The lowest BCUT2D eigenvalue weighted by atomic mass is 10.1. The first kappa shape index (κ1) is 22.8. The lowest BCUT2D eigenvalue weighted by molar-refractivity contribution is 0.0118. The van der Waals surface area contributed by atoms with E-state index >= 15 is 0 Å². The van der Waals surface area contributed by atoms with Crippen LogP contribution in [0.3, 0.4) is 0 Å². The zero-order valence-electron chi connectivity index (χ0n) is 14.5. The van der Waals surface area contributed by atoms with Crippen LogP contribution in [0, 0.1) is 6.92 Å². The second-order valence-corrected chi connectivity index (χ2v) is 8.12. The summed E-state index contributed by atoms with van der Waals surface area (Å²) >= 11 is 0. The molecule has 1 fully saturated rings. The van der Waals surface area contributed by atoms with Gasteiger partial charge in [-0.15, -0.1) is 12.4 Å². The summed E-state index contributed by atoms with van der Waals surface area (Å²) in [5.41, 5.74) is 5.51. The van der Waals surface area contributed by atoms with E-state index in [2.05, 4.69) is 5.32 Å². The lowest BCUT2D eigenvalue weighted by Gasteiger charge is -2.26. The molecule has 1 heterocycles. The predicted molar refractivity (Wildman–Crippen MR) is 97.4 cm³/mol. The number of aryl methyl sites for hydroxylation is 1. The van der Waals surface area contributed by atoms with Crippen molar-refractivity contribution in [1.29, 1.82) is 0 Å². The number of halogens is 3. The average molecular weight is 412 g/mol.